The van der Waals surface area contributed by atoms with Crippen LogP contribution >= 0.6 is 11.8 Å². The summed E-state index contributed by atoms with van der Waals surface area (Å²) in [4.78, 5) is 13.4. The fourth-order valence-electron chi connectivity index (χ4n) is 2.17. The number of carbonyl (C=O) groups is 1. The number of hydrogen-bond acceptors (Lipinski definition) is 4. The second-order valence-corrected chi connectivity index (χ2v) is 6.16. The first-order chi connectivity index (χ1) is 11.3. The normalized spacial score (nSPS) is 10.7. The Labute approximate surface area is 138 Å². The lowest BCUT2D eigenvalue weighted by atomic mass is 10.3. The molecule has 0 fully saturated rings. The van der Waals surface area contributed by atoms with Gasteiger partial charge in [0.25, 0.3) is 5.91 Å². The van der Waals surface area contributed by atoms with Crippen LogP contribution in [0.5, 0.6) is 0 Å². The number of para-hydroxylation sites is 1. The van der Waals surface area contributed by atoms with Crippen molar-refractivity contribution in [3.05, 3.63) is 66.4 Å². The molecule has 2 aromatic heterocycles. The molecule has 2 heterocycles. The van der Waals surface area contributed by atoms with Crippen molar-refractivity contribution in [2.24, 2.45) is 0 Å². The van der Waals surface area contributed by atoms with E-state index in [1.807, 2.05) is 36.5 Å². The molecule has 3 rings (SSSR count). The Kier molecular flexibility index (Phi) is 4.83. The van der Waals surface area contributed by atoms with Crippen LogP contribution < -0.4 is 5.32 Å². The van der Waals surface area contributed by atoms with Gasteiger partial charge in [-0.15, -0.1) is 11.8 Å². The van der Waals surface area contributed by atoms with Gasteiger partial charge < -0.3 is 9.73 Å². The van der Waals surface area contributed by atoms with Gasteiger partial charge in [-0.05, 0) is 36.1 Å². The van der Waals surface area contributed by atoms with Gasteiger partial charge in [0, 0.05) is 17.3 Å². The number of nitrogens with one attached hydrogen (secondary N) is 1. The summed E-state index contributed by atoms with van der Waals surface area (Å²) in [6.07, 6.45) is 3.55. The molecule has 0 atom stereocenters. The number of anilines is 1. The van der Waals surface area contributed by atoms with Gasteiger partial charge in [-0.2, -0.15) is 5.10 Å². The van der Waals surface area contributed by atoms with E-state index in [2.05, 4.69) is 17.3 Å². The van der Waals surface area contributed by atoms with E-state index in [9.17, 15) is 4.79 Å². The molecule has 0 bridgehead atoms. The quantitative estimate of drug-likeness (QED) is 0.698. The Balaban J connectivity index is 1.70. The van der Waals surface area contributed by atoms with Crippen molar-refractivity contribution in [2.75, 3.05) is 11.1 Å². The lowest BCUT2D eigenvalue weighted by molar-refractivity contribution is 0.0994. The van der Waals surface area contributed by atoms with Gasteiger partial charge in [0.15, 0.2) is 5.76 Å². The number of nitrogens with zero attached hydrogens (tertiary/aromatic N) is 2. The smallest absolute Gasteiger partial charge is 0.291 e. The highest BCUT2D eigenvalue weighted by Crippen LogP contribution is 2.27. The maximum atomic E-state index is 12.3. The third-order valence-corrected chi connectivity index (χ3v) is 4.15. The topological polar surface area (TPSA) is 60.1 Å². The molecule has 0 aliphatic rings. The van der Waals surface area contributed by atoms with Crippen molar-refractivity contribution in [1.29, 1.82) is 0 Å². The molecule has 0 aliphatic carbocycles. The zero-order valence-electron chi connectivity index (χ0n) is 12.7. The number of furan rings is 1. The largest absolute Gasteiger partial charge is 0.454 e. The SMILES string of the molecule is CCSc1ccccc1NC(=O)c1ccc(Cn2cccn2)o1. The summed E-state index contributed by atoms with van der Waals surface area (Å²) in [6.45, 7) is 2.58. The standard InChI is InChI=1S/C17H17N3O2S/c1-2-23-16-7-4-3-6-14(16)19-17(21)15-9-8-13(22-15)12-20-11-5-10-18-20/h3-11H,2,12H2,1H3,(H,19,21). The summed E-state index contributed by atoms with van der Waals surface area (Å²) in [5.41, 5.74) is 0.800. The summed E-state index contributed by atoms with van der Waals surface area (Å²) in [6, 6.07) is 13.1. The first-order valence-corrected chi connectivity index (χ1v) is 8.34. The predicted molar refractivity (Wildman–Crippen MR) is 90.8 cm³/mol. The van der Waals surface area contributed by atoms with Crippen LogP contribution in [0.4, 0.5) is 5.69 Å². The number of rotatable bonds is 6. The van der Waals surface area contributed by atoms with Crippen molar-refractivity contribution in [3.8, 4) is 0 Å². The first kappa shape index (κ1) is 15.4. The summed E-state index contributed by atoms with van der Waals surface area (Å²) in [7, 11) is 0. The number of aromatic nitrogens is 2. The Morgan fingerprint density at radius 2 is 2.13 bits per heavy atom. The molecule has 0 spiro atoms. The minimum absolute atomic E-state index is 0.249. The highest BCUT2D eigenvalue weighted by Gasteiger charge is 2.13. The molecule has 6 heteroatoms. The number of carbonyl (C=O) groups excluding carboxylic acids is 1. The number of amides is 1. The highest BCUT2D eigenvalue weighted by atomic mass is 32.2. The number of benzene rings is 1. The molecular formula is C17H17N3O2S. The van der Waals surface area contributed by atoms with Crippen LogP contribution in [-0.4, -0.2) is 21.4 Å². The van der Waals surface area contributed by atoms with E-state index in [4.69, 9.17) is 4.42 Å². The molecule has 0 radical (unpaired) electrons. The van der Waals surface area contributed by atoms with E-state index in [1.54, 1.807) is 34.8 Å². The molecule has 0 saturated carbocycles. The molecule has 0 aliphatic heterocycles. The molecule has 5 nitrogen and oxygen atoms in total. The zero-order chi connectivity index (χ0) is 16.1. The van der Waals surface area contributed by atoms with Gasteiger partial charge in [0.1, 0.15) is 5.76 Å². The average Bonchev–Trinajstić information content (AvgIpc) is 3.22. The predicted octanol–water partition coefficient (Wildman–Crippen LogP) is 3.89. The molecule has 3 aromatic rings. The highest BCUT2D eigenvalue weighted by molar-refractivity contribution is 7.99. The minimum atomic E-state index is -0.249. The number of hydrogen-bond donors (Lipinski definition) is 1. The van der Waals surface area contributed by atoms with Crippen molar-refractivity contribution in [2.45, 2.75) is 18.4 Å². The molecule has 23 heavy (non-hydrogen) atoms. The fraction of sp³-hybridized carbons (Fsp3) is 0.176. The van der Waals surface area contributed by atoms with Crippen LogP contribution in [0.15, 0.2) is 64.2 Å². The van der Waals surface area contributed by atoms with E-state index in [1.165, 1.54) is 0 Å². The lowest BCUT2D eigenvalue weighted by Crippen LogP contribution is -2.11. The maximum absolute atomic E-state index is 12.3. The summed E-state index contributed by atoms with van der Waals surface area (Å²) in [5.74, 6) is 1.68. The Morgan fingerprint density at radius 3 is 2.91 bits per heavy atom. The van der Waals surface area contributed by atoms with Crippen LogP contribution in [0.2, 0.25) is 0 Å². The van der Waals surface area contributed by atoms with Crippen molar-refractivity contribution in [3.63, 3.8) is 0 Å². The number of thioether (sulfide) groups is 1. The Morgan fingerprint density at radius 1 is 1.26 bits per heavy atom. The second kappa shape index (κ2) is 7.19. The maximum Gasteiger partial charge on any atom is 0.291 e. The summed E-state index contributed by atoms with van der Waals surface area (Å²) >= 11 is 1.69. The van der Waals surface area contributed by atoms with Crippen LogP contribution in [0.25, 0.3) is 0 Å². The third kappa shape index (κ3) is 3.84. The minimum Gasteiger partial charge on any atom is -0.454 e. The first-order valence-electron chi connectivity index (χ1n) is 7.35. The van der Waals surface area contributed by atoms with Crippen molar-refractivity contribution < 1.29 is 9.21 Å². The van der Waals surface area contributed by atoms with Gasteiger partial charge in [0.2, 0.25) is 0 Å². The zero-order valence-corrected chi connectivity index (χ0v) is 13.5. The van der Waals surface area contributed by atoms with Crippen LogP contribution in [0.1, 0.15) is 23.2 Å². The van der Waals surface area contributed by atoms with Crippen LogP contribution in [-0.2, 0) is 6.54 Å². The molecule has 0 saturated heterocycles. The van der Waals surface area contributed by atoms with Gasteiger partial charge in [0.05, 0.1) is 12.2 Å². The molecule has 1 N–H and O–H groups in total. The summed E-state index contributed by atoms with van der Waals surface area (Å²) in [5, 5.41) is 7.03. The Bertz CT molecular complexity index is 781. The molecule has 1 amide bonds. The van der Waals surface area contributed by atoms with E-state index >= 15 is 0 Å². The van der Waals surface area contributed by atoms with E-state index in [-0.39, 0.29) is 5.91 Å². The van der Waals surface area contributed by atoms with E-state index in [0.717, 1.165) is 16.3 Å². The lowest BCUT2D eigenvalue weighted by Gasteiger charge is -2.08. The van der Waals surface area contributed by atoms with Gasteiger partial charge in [-0.25, -0.2) is 0 Å². The Hall–Kier alpha value is -2.47. The van der Waals surface area contributed by atoms with E-state index < -0.39 is 0 Å². The molecule has 1 aromatic carbocycles. The third-order valence-electron chi connectivity index (χ3n) is 3.20. The van der Waals surface area contributed by atoms with Crippen LogP contribution in [0, 0.1) is 0 Å². The van der Waals surface area contributed by atoms with Gasteiger partial charge >= 0.3 is 0 Å². The van der Waals surface area contributed by atoms with Gasteiger partial charge in [-0.1, -0.05) is 19.1 Å². The second-order valence-electron chi connectivity index (χ2n) is 4.85. The van der Waals surface area contributed by atoms with Crippen LogP contribution in [0.3, 0.4) is 0 Å². The van der Waals surface area contributed by atoms with Gasteiger partial charge in [-0.3, -0.25) is 9.48 Å². The fourth-order valence-corrected chi connectivity index (χ4v) is 2.93. The molecular weight excluding hydrogens is 310 g/mol. The summed E-state index contributed by atoms with van der Waals surface area (Å²) < 4.78 is 7.35. The average molecular weight is 327 g/mol. The monoisotopic (exact) mass is 327 g/mol. The molecule has 118 valence electrons. The molecule has 0 unspecified atom stereocenters. The van der Waals surface area contributed by atoms with Crippen molar-refractivity contribution in [1.82, 2.24) is 9.78 Å². The van der Waals surface area contributed by atoms with E-state index in [0.29, 0.717) is 18.1 Å². The van der Waals surface area contributed by atoms with Crippen molar-refractivity contribution >= 4 is 23.4 Å².